The van der Waals surface area contributed by atoms with Gasteiger partial charge in [0.15, 0.2) is 6.20 Å². The third-order valence-electron chi connectivity index (χ3n) is 13.2. The van der Waals surface area contributed by atoms with Crippen molar-refractivity contribution in [2.45, 2.75) is 55.8 Å². The maximum atomic E-state index is 16.4. The zero-order valence-electron chi connectivity index (χ0n) is 35.6. The molecule has 0 saturated carbocycles. The number of benzene rings is 2. The fraction of sp³-hybridized carbons (Fsp3) is 0.388. The van der Waals surface area contributed by atoms with E-state index >= 15 is 4.39 Å². The number of aromatic nitrogens is 5. The average molecular weight is 853 g/mol. The Hall–Kier alpha value is -5.61. The first-order chi connectivity index (χ1) is 30.9. The molecular weight excluding hydrogens is 798 g/mol. The van der Waals surface area contributed by atoms with E-state index in [0.29, 0.717) is 68.1 Å². The highest BCUT2D eigenvalue weighted by Gasteiger charge is 2.35. The van der Waals surface area contributed by atoms with Gasteiger partial charge in [0.05, 0.1) is 57.4 Å². The van der Waals surface area contributed by atoms with Crippen LogP contribution in [0.25, 0.3) is 44.5 Å². The fourth-order valence-electron chi connectivity index (χ4n) is 9.82. The highest BCUT2D eigenvalue weighted by molar-refractivity contribution is 5.80. The van der Waals surface area contributed by atoms with Crippen LogP contribution < -0.4 is 26.7 Å². The number of morpholine rings is 2. The molecule has 14 heteroatoms. The standard InChI is InChI=1S/C49H54FN9O4/c1-58-27-37(26-57-58)41-21-36(25-56-49(41)52)32-3-5-39(43(19-32)45-29-62-17-11-54-45)34-9-15-63-47(23-34)59-12-6-33(22-46(59)50)40-20-35(24-55-48(40)51)31-2-4-38(30-7-13-60-14-8-30)42(18-31)44-28-61-16-10-53-44/h2-6,12,18-22,24-27,30,34,44-45,47,51,53-54H,7-11,13-17,23,28-29H2,1H3,(H2,52,56)/p+1/t34?,44-,45-,47?/m0/s1. The summed E-state index contributed by atoms with van der Waals surface area (Å²) >= 11 is 0. The van der Waals surface area contributed by atoms with Gasteiger partial charge in [-0.2, -0.15) is 5.10 Å². The molecule has 4 aliphatic heterocycles. The number of nitrogens with one attached hydrogen (secondary N) is 2. The van der Waals surface area contributed by atoms with Crippen LogP contribution in [-0.2, 0) is 26.0 Å². The highest BCUT2D eigenvalue weighted by Crippen LogP contribution is 2.41. The Morgan fingerprint density at radius 1 is 0.635 bits per heavy atom. The van der Waals surface area contributed by atoms with Crippen LogP contribution in [0.3, 0.4) is 0 Å². The van der Waals surface area contributed by atoms with Gasteiger partial charge in [-0.3, -0.25) is 4.68 Å². The molecule has 6 N–H and O–H groups in total. The number of aryl methyl sites for hydroxylation is 1. The number of halogens is 1. The van der Waals surface area contributed by atoms with Crippen LogP contribution in [-0.4, -0.2) is 79.1 Å². The minimum absolute atomic E-state index is 0.00231. The first-order valence-corrected chi connectivity index (χ1v) is 22.2. The van der Waals surface area contributed by atoms with Crippen LogP contribution in [0.1, 0.15) is 78.1 Å². The molecule has 0 bridgehead atoms. The van der Waals surface area contributed by atoms with Crippen LogP contribution in [0.4, 0.5) is 16.0 Å². The zero-order valence-corrected chi connectivity index (χ0v) is 35.6. The summed E-state index contributed by atoms with van der Waals surface area (Å²) in [7, 11) is 1.88. The molecule has 2 aromatic carbocycles. The van der Waals surface area contributed by atoms with Crippen molar-refractivity contribution in [2.75, 3.05) is 70.8 Å². The summed E-state index contributed by atoms with van der Waals surface area (Å²) in [4.78, 5) is 9.17. The number of anilines is 2. The van der Waals surface area contributed by atoms with E-state index in [1.165, 1.54) is 22.8 Å². The number of hydrogen-bond donors (Lipinski definition) is 4. The van der Waals surface area contributed by atoms with Gasteiger partial charge in [-0.25, -0.2) is 9.97 Å². The van der Waals surface area contributed by atoms with E-state index in [1.807, 2.05) is 31.6 Å². The third-order valence-corrected chi connectivity index (χ3v) is 13.2. The Balaban J connectivity index is 0.915. The second-order valence-corrected chi connectivity index (χ2v) is 17.1. The van der Waals surface area contributed by atoms with Gasteiger partial charge in [0.2, 0.25) is 0 Å². The van der Waals surface area contributed by atoms with Crippen molar-refractivity contribution in [3.63, 3.8) is 0 Å². The van der Waals surface area contributed by atoms with Gasteiger partial charge >= 0.3 is 5.95 Å². The lowest BCUT2D eigenvalue weighted by molar-refractivity contribution is -0.788. The summed E-state index contributed by atoms with van der Waals surface area (Å²) in [5, 5.41) is 11.7. The van der Waals surface area contributed by atoms with Crippen LogP contribution in [0.5, 0.6) is 0 Å². The van der Waals surface area contributed by atoms with Gasteiger partial charge in [0, 0.05) is 97.8 Å². The Morgan fingerprint density at radius 3 is 1.81 bits per heavy atom. The van der Waals surface area contributed by atoms with Crippen molar-refractivity contribution in [1.82, 2.24) is 30.4 Å². The largest absolute Gasteiger partial charge is 0.383 e. The van der Waals surface area contributed by atoms with Gasteiger partial charge in [-0.05, 0) is 88.7 Å². The maximum absolute atomic E-state index is 16.4. The number of ether oxygens (including phenoxy) is 4. The SMILES string of the molecule is Cn1cc(-c2cc(-c3ccc(C4CCOC([n+]5ccc(-c6cc(-c7ccc(C8CCOCC8)c([C@@H]8COCCN8)c7)cnc6N)cc5F)C4)c([C@@H]4COCCN4)c3)cnc2N)cn1. The van der Waals surface area contributed by atoms with E-state index in [0.717, 1.165) is 84.5 Å². The minimum Gasteiger partial charge on any atom is -0.383 e. The first-order valence-electron chi connectivity index (χ1n) is 22.2. The topological polar surface area (TPSA) is 160 Å². The zero-order chi connectivity index (χ0) is 42.9. The molecule has 8 heterocycles. The number of nitrogens with zero attached hydrogens (tertiary/aromatic N) is 5. The van der Waals surface area contributed by atoms with Crippen LogP contribution in [0.2, 0.25) is 0 Å². The van der Waals surface area contributed by atoms with Gasteiger partial charge in [0.25, 0.3) is 6.23 Å². The average Bonchev–Trinajstić information content (AvgIpc) is 3.78. The molecule has 4 atom stereocenters. The molecule has 6 aromatic rings. The lowest BCUT2D eigenvalue weighted by atomic mass is 9.83. The van der Waals surface area contributed by atoms with Crippen molar-refractivity contribution in [1.29, 1.82) is 0 Å². The summed E-state index contributed by atoms with van der Waals surface area (Å²) < 4.78 is 43.6. The first kappa shape index (κ1) is 41.4. The van der Waals surface area contributed by atoms with Gasteiger partial charge in [0.1, 0.15) is 11.6 Å². The van der Waals surface area contributed by atoms with Gasteiger partial charge in [-0.1, -0.05) is 24.3 Å². The molecular formula is C49H55FN9O4+. The van der Waals surface area contributed by atoms with E-state index < -0.39 is 12.2 Å². The number of rotatable bonds is 9. The summed E-state index contributed by atoms with van der Waals surface area (Å²) in [5.41, 5.74) is 24.8. The summed E-state index contributed by atoms with van der Waals surface area (Å²) in [6.45, 7) is 6.15. The molecule has 13 nitrogen and oxygen atoms in total. The van der Waals surface area contributed by atoms with E-state index in [2.05, 4.69) is 68.2 Å². The molecule has 326 valence electrons. The van der Waals surface area contributed by atoms with E-state index in [-0.39, 0.29) is 18.0 Å². The monoisotopic (exact) mass is 852 g/mol. The van der Waals surface area contributed by atoms with E-state index in [1.54, 1.807) is 27.8 Å². The molecule has 4 aliphatic rings. The number of hydrogen-bond acceptors (Lipinski definition) is 11. The van der Waals surface area contributed by atoms with Crippen molar-refractivity contribution in [3.05, 3.63) is 120 Å². The lowest BCUT2D eigenvalue weighted by Gasteiger charge is -2.32. The molecule has 10 rings (SSSR count). The quantitative estimate of drug-likeness (QED) is 0.0898. The van der Waals surface area contributed by atoms with Crippen molar-refractivity contribution < 1.29 is 27.9 Å². The second kappa shape index (κ2) is 18.2. The van der Waals surface area contributed by atoms with Gasteiger partial charge < -0.3 is 41.0 Å². The Morgan fingerprint density at radius 2 is 1.24 bits per heavy atom. The number of pyridine rings is 3. The van der Waals surface area contributed by atoms with E-state index in [9.17, 15) is 0 Å². The number of nitrogens with two attached hydrogens (primary N) is 2. The highest BCUT2D eigenvalue weighted by atomic mass is 19.1. The van der Waals surface area contributed by atoms with Crippen LogP contribution in [0, 0.1) is 5.95 Å². The predicted molar refractivity (Wildman–Crippen MR) is 239 cm³/mol. The second-order valence-electron chi connectivity index (χ2n) is 17.1. The van der Waals surface area contributed by atoms with E-state index in [4.69, 9.17) is 30.4 Å². The molecule has 0 amide bonds. The normalized spacial score (nSPS) is 22.3. The van der Waals surface area contributed by atoms with Crippen LogP contribution in [0.15, 0.2) is 91.6 Å². The Bertz CT molecular complexity index is 2580. The molecule has 63 heavy (non-hydrogen) atoms. The smallest absolute Gasteiger partial charge is 0.362 e. The molecule has 4 fully saturated rings. The molecule has 0 aliphatic carbocycles. The van der Waals surface area contributed by atoms with Crippen LogP contribution >= 0.6 is 0 Å². The van der Waals surface area contributed by atoms with Gasteiger partial charge in [-0.15, -0.1) is 8.96 Å². The summed E-state index contributed by atoms with van der Waals surface area (Å²) in [6.07, 6.45) is 12.0. The summed E-state index contributed by atoms with van der Waals surface area (Å²) in [5.74, 6) is 0.937. The minimum atomic E-state index is -0.504. The molecule has 0 spiro atoms. The number of nitrogen functional groups attached to an aromatic ring is 2. The fourth-order valence-corrected chi connectivity index (χ4v) is 9.82. The molecule has 4 aromatic heterocycles. The third kappa shape index (κ3) is 8.71. The Labute approximate surface area is 367 Å². The van der Waals surface area contributed by atoms with Crippen molar-refractivity contribution in [2.24, 2.45) is 7.05 Å². The molecule has 2 unspecified atom stereocenters. The van der Waals surface area contributed by atoms with Crippen molar-refractivity contribution >= 4 is 11.6 Å². The summed E-state index contributed by atoms with van der Waals surface area (Å²) in [6, 6.07) is 20.9. The molecule has 0 radical (unpaired) electrons. The van der Waals surface area contributed by atoms with Crippen molar-refractivity contribution in [3.8, 4) is 44.5 Å². The molecule has 4 saturated heterocycles. The maximum Gasteiger partial charge on any atom is 0.362 e. The predicted octanol–water partition coefficient (Wildman–Crippen LogP) is 6.78. The lowest BCUT2D eigenvalue weighted by Crippen LogP contribution is -2.47. The Kier molecular flexibility index (Phi) is 12.0.